The van der Waals surface area contributed by atoms with Gasteiger partial charge in [0.25, 0.3) is 0 Å². The lowest BCUT2D eigenvalue weighted by Gasteiger charge is -2.18. The Morgan fingerprint density at radius 1 is 0.479 bits per heavy atom. The van der Waals surface area contributed by atoms with Gasteiger partial charge in [-0.1, -0.05) is 167 Å². The van der Waals surface area contributed by atoms with Crippen LogP contribution in [-0.2, 0) is 14.3 Å². The first-order chi connectivity index (χ1) is 23.7. The zero-order valence-corrected chi connectivity index (χ0v) is 32.5. The summed E-state index contributed by atoms with van der Waals surface area (Å²) < 4.78 is 12.3. The number of ether oxygens (including phenoxy) is 2. The van der Waals surface area contributed by atoms with Gasteiger partial charge in [0, 0.05) is 19.6 Å². The molecule has 0 spiro atoms. The second-order valence-electron chi connectivity index (χ2n) is 14.4. The van der Waals surface area contributed by atoms with Gasteiger partial charge < -0.3 is 14.6 Å². The van der Waals surface area contributed by atoms with E-state index in [1.54, 1.807) is 0 Å². The molecule has 0 aliphatic carbocycles. The molecule has 0 saturated carbocycles. The molecule has 1 N–H and O–H groups in total. The maximum Gasteiger partial charge on any atom is 0.303 e. The van der Waals surface area contributed by atoms with Gasteiger partial charge in [0.1, 0.15) is 0 Å². The Morgan fingerprint density at radius 2 is 0.854 bits per heavy atom. The van der Waals surface area contributed by atoms with E-state index in [0.29, 0.717) is 6.61 Å². The molecule has 0 fully saturated rings. The zero-order chi connectivity index (χ0) is 34.9. The minimum absolute atomic E-state index is 0.145. The second kappa shape index (κ2) is 42.0. The molecule has 1 atom stereocenters. The highest BCUT2D eigenvalue weighted by Gasteiger charge is 2.10. The van der Waals surface area contributed by atoms with Crippen LogP contribution in [0.1, 0.15) is 226 Å². The van der Waals surface area contributed by atoms with Crippen molar-refractivity contribution < 1.29 is 19.4 Å². The lowest BCUT2D eigenvalue weighted by atomic mass is 10.1. The minimum atomic E-state index is -0.693. The molecule has 0 amide bonds. The summed E-state index contributed by atoms with van der Waals surface area (Å²) >= 11 is 0. The molecule has 1 unspecified atom stereocenters. The van der Waals surface area contributed by atoms with Crippen LogP contribution in [0.2, 0.25) is 0 Å². The predicted molar refractivity (Wildman–Crippen MR) is 210 cm³/mol. The third-order valence-electron chi connectivity index (χ3n) is 9.53. The number of unbranched alkanes of at least 4 members (excludes halogenated alkanes) is 26. The summed E-state index contributed by atoms with van der Waals surface area (Å²) in [7, 11) is 0. The van der Waals surface area contributed by atoms with Crippen molar-refractivity contribution in [2.45, 2.75) is 232 Å². The number of aliphatic carboxylic acids is 1. The minimum Gasteiger partial charge on any atom is -0.481 e. The first-order valence-electron chi connectivity index (χ1n) is 21.4. The molecule has 0 saturated heterocycles. The topological polar surface area (TPSA) is 55.8 Å². The van der Waals surface area contributed by atoms with Crippen LogP contribution < -0.4 is 0 Å². The fourth-order valence-corrected chi connectivity index (χ4v) is 6.31. The fraction of sp³-hybridized carbons (Fsp3) is 0.886. The molecular formula is C44H84O4. The zero-order valence-electron chi connectivity index (χ0n) is 32.5. The van der Waals surface area contributed by atoms with E-state index in [-0.39, 0.29) is 12.5 Å². The normalized spacial score (nSPS) is 12.5. The van der Waals surface area contributed by atoms with Crippen molar-refractivity contribution >= 4 is 5.97 Å². The molecule has 0 rings (SSSR count). The Bertz CT molecular complexity index is 673. The summed E-state index contributed by atoms with van der Waals surface area (Å²) in [6, 6.07) is 0. The first kappa shape index (κ1) is 46.9. The number of rotatable bonds is 41. The van der Waals surface area contributed by atoms with Crippen molar-refractivity contribution in [1.29, 1.82) is 0 Å². The number of carboxylic acids is 1. The highest BCUT2D eigenvalue weighted by atomic mass is 16.5. The monoisotopic (exact) mass is 677 g/mol. The third kappa shape index (κ3) is 41.0. The van der Waals surface area contributed by atoms with Crippen LogP contribution in [0.4, 0.5) is 0 Å². The van der Waals surface area contributed by atoms with Crippen molar-refractivity contribution in [2.24, 2.45) is 0 Å². The predicted octanol–water partition coefficient (Wildman–Crippen LogP) is 14.5. The van der Waals surface area contributed by atoms with Crippen molar-refractivity contribution in [1.82, 2.24) is 0 Å². The van der Waals surface area contributed by atoms with Gasteiger partial charge >= 0.3 is 5.97 Å². The molecule has 0 aromatic rings. The standard InChI is InChI=1S/C44H84O4/c1-3-5-7-9-11-13-15-17-19-21-23-25-27-29-31-36-40-47-42-43(38-34-33-35-39-44(45)46)48-41-37-32-30-28-26-24-22-20-18-16-14-12-10-8-6-4-2/h17-20,43H,3-16,21-42H2,1-2H3,(H,45,46). The highest BCUT2D eigenvalue weighted by molar-refractivity contribution is 5.66. The van der Waals surface area contributed by atoms with Gasteiger partial charge in [-0.3, -0.25) is 4.79 Å². The van der Waals surface area contributed by atoms with E-state index in [1.807, 2.05) is 0 Å². The van der Waals surface area contributed by atoms with Gasteiger partial charge in [-0.15, -0.1) is 0 Å². The lowest BCUT2D eigenvalue weighted by molar-refractivity contribution is -0.137. The average molecular weight is 677 g/mol. The molecule has 0 aliphatic heterocycles. The number of allylic oxidation sites excluding steroid dienone is 4. The van der Waals surface area contributed by atoms with Crippen molar-refractivity contribution in [3.8, 4) is 0 Å². The Hall–Kier alpha value is -1.13. The van der Waals surface area contributed by atoms with Crippen LogP contribution >= 0.6 is 0 Å². The molecule has 0 aromatic carbocycles. The molecule has 4 heteroatoms. The van der Waals surface area contributed by atoms with Gasteiger partial charge in [-0.2, -0.15) is 0 Å². The van der Waals surface area contributed by atoms with Gasteiger partial charge in [0.05, 0.1) is 12.7 Å². The number of hydrogen-bond acceptors (Lipinski definition) is 3. The second-order valence-corrected chi connectivity index (χ2v) is 14.4. The van der Waals surface area contributed by atoms with E-state index in [9.17, 15) is 4.79 Å². The number of carbonyl (C=O) groups is 1. The molecule has 0 bridgehead atoms. The average Bonchev–Trinajstić information content (AvgIpc) is 3.08. The maximum absolute atomic E-state index is 10.8. The molecule has 4 nitrogen and oxygen atoms in total. The van der Waals surface area contributed by atoms with E-state index >= 15 is 0 Å². The molecule has 0 aliphatic rings. The van der Waals surface area contributed by atoms with Crippen LogP contribution in [0, 0.1) is 0 Å². The molecule has 48 heavy (non-hydrogen) atoms. The van der Waals surface area contributed by atoms with Gasteiger partial charge in [0.2, 0.25) is 0 Å². The van der Waals surface area contributed by atoms with Crippen molar-refractivity contribution in [3.05, 3.63) is 24.3 Å². The Balaban J connectivity index is 3.79. The van der Waals surface area contributed by atoms with Gasteiger partial charge in [0.15, 0.2) is 0 Å². The Kier molecular flexibility index (Phi) is 41.0. The molecular weight excluding hydrogens is 592 g/mol. The van der Waals surface area contributed by atoms with Crippen molar-refractivity contribution in [2.75, 3.05) is 19.8 Å². The Morgan fingerprint density at radius 3 is 1.29 bits per heavy atom. The van der Waals surface area contributed by atoms with E-state index < -0.39 is 5.97 Å². The maximum atomic E-state index is 10.8. The van der Waals surface area contributed by atoms with Crippen LogP contribution in [0.25, 0.3) is 0 Å². The largest absolute Gasteiger partial charge is 0.481 e. The van der Waals surface area contributed by atoms with Crippen LogP contribution in [0.5, 0.6) is 0 Å². The molecule has 0 heterocycles. The summed E-state index contributed by atoms with van der Waals surface area (Å²) in [5.41, 5.74) is 0. The summed E-state index contributed by atoms with van der Waals surface area (Å²) in [6.45, 7) is 6.89. The summed E-state index contributed by atoms with van der Waals surface area (Å²) in [4.78, 5) is 10.8. The van der Waals surface area contributed by atoms with Crippen molar-refractivity contribution in [3.63, 3.8) is 0 Å². The fourth-order valence-electron chi connectivity index (χ4n) is 6.31. The van der Waals surface area contributed by atoms with Gasteiger partial charge in [-0.25, -0.2) is 0 Å². The van der Waals surface area contributed by atoms with Crippen LogP contribution in [0.3, 0.4) is 0 Å². The van der Waals surface area contributed by atoms with E-state index in [1.165, 1.54) is 167 Å². The Labute approximate surface area is 300 Å². The quantitative estimate of drug-likeness (QED) is 0.0517. The first-order valence-corrected chi connectivity index (χ1v) is 21.4. The summed E-state index contributed by atoms with van der Waals surface area (Å²) in [6.07, 6.45) is 50.8. The highest BCUT2D eigenvalue weighted by Crippen LogP contribution is 2.14. The van der Waals surface area contributed by atoms with Gasteiger partial charge in [-0.05, 0) is 77.0 Å². The van der Waals surface area contributed by atoms with E-state index in [2.05, 4.69) is 38.2 Å². The molecule has 284 valence electrons. The summed E-state index contributed by atoms with van der Waals surface area (Å²) in [5, 5.41) is 8.91. The SMILES string of the molecule is CCCCCCCCC=CCCCCCCCCOCC(CCCCCC(=O)O)OCCCCCCCCC=CCCCCCCCC. The molecule has 0 radical (unpaired) electrons. The summed E-state index contributed by atoms with van der Waals surface area (Å²) in [5.74, 6) is -0.693. The van der Waals surface area contributed by atoms with E-state index in [4.69, 9.17) is 14.6 Å². The van der Waals surface area contributed by atoms with Crippen LogP contribution in [0.15, 0.2) is 24.3 Å². The smallest absolute Gasteiger partial charge is 0.303 e. The number of hydrogen-bond donors (Lipinski definition) is 1. The lowest BCUT2D eigenvalue weighted by Crippen LogP contribution is -2.21. The number of carboxylic acid groups (broad SMARTS) is 1. The van der Waals surface area contributed by atoms with E-state index in [0.717, 1.165) is 51.7 Å². The third-order valence-corrected chi connectivity index (χ3v) is 9.53. The van der Waals surface area contributed by atoms with Crippen LogP contribution in [-0.4, -0.2) is 37.0 Å². The molecule has 0 aromatic heterocycles.